The number of hydrogen-bond acceptors (Lipinski definition) is 1. The van der Waals surface area contributed by atoms with E-state index in [1.807, 2.05) is 0 Å². The lowest BCUT2D eigenvalue weighted by Crippen LogP contribution is -2.16. The molecule has 0 aliphatic carbocycles. The Morgan fingerprint density at radius 2 is 1.73 bits per heavy atom. The first kappa shape index (κ1) is 3.47. The van der Waals surface area contributed by atoms with E-state index in [0.717, 1.165) is 0 Å². The fraction of sp³-hybridized carbons (Fsp3) is 0.143. The van der Waals surface area contributed by atoms with E-state index in [9.17, 15) is 13.2 Å². The Morgan fingerprint density at radius 3 is 2.18 bits per heavy atom. The molecule has 11 heavy (non-hydrogen) atoms. The highest BCUT2D eigenvalue weighted by atomic mass is 19.4. The molecule has 0 amide bonds. The lowest BCUT2D eigenvalue weighted by Gasteiger charge is -2.07. The Balaban J connectivity index is 3.40. The minimum atomic E-state index is -5.10. The molecule has 0 heterocycles. The molecule has 0 saturated carbocycles. The van der Waals surface area contributed by atoms with Crippen LogP contribution < -0.4 is 4.74 Å². The van der Waals surface area contributed by atoms with E-state index in [-0.39, 0.29) is 0 Å². The molecule has 1 aromatic rings. The smallest absolute Gasteiger partial charge is 0.406 e. The summed E-state index contributed by atoms with van der Waals surface area (Å²) in [4.78, 5) is 0. The van der Waals surface area contributed by atoms with Crippen molar-refractivity contribution < 1.29 is 24.8 Å². The Kier molecular flexibility index (Phi) is 0.889. The maximum Gasteiger partial charge on any atom is 0.573 e. The zero-order valence-electron chi connectivity index (χ0n) is 10.0. The lowest BCUT2D eigenvalue weighted by atomic mass is 10.3. The summed E-state index contributed by atoms with van der Waals surface area (Å²) in [6, 6.07) is -4.57. The van der Waals surface area contributed by atoms with Gasteiger partial charge in [-0.25, -0.2) is 0 Å². The van der Waals surface area contributed by atoms with Gasteiger partial charge < -0.3 is 4.74 Å². The zero-order chi connectivity index (χ0) is 12.7. The highest BCUT2D eigenvalue weighted by molar-refractivity contribution is 5.20. The lowest BCUT2D eigenvalue weighted by molar-refractivity contribution is -0.274. The van der Waals surface area contributed by atoms with Gasteiger partial charge in [0.25, 0.3) is 0 Å². The van der Waals surface area contributed by atoms with E-state index in [1.165, 1.54) is 0 Å². The minimum absolute atomic E-state index is 0.774. The van der Waals surface area contributed by atoms with Crippen LogP contribution in [0.3, 0.4) is 0 Å². The van der Waals surface area contributed by atoms with E-state index in [2.05, 4.69) is 4.74 Å². The minimum Gasteiger partial charge on any atom is -0.406 e. The zero-order valence-corrected chi connectivity index (χ0v) is 5.04. The average molecular weight is 167 g/mol. The van der Waals surface area contributed by atoms with Gasteiger partial charge in [-0.3, -0.25) is 0 Å². The van der Waals surface area contributed by atoms with E-state index in [0.29, 0.717) is 0 Å². The van der Waals surface area contributed by atoms with Crippen LogP contribution in [0.15, 0.2) is 30.2 Å². The summed E-state index contributed by atoms with van der Waals surface area (Å²) in [5.41, 5.74) is 0. The summed E-state index contributed by atoms with van der Waals surface area (Å²) in [6.45, 7) is 0. The second-order valence-electron chi connectivity index (χ2n) is 1.50. The van der Waals surface area contributed by atoms with Gasteiger partial charge >= 0.3 is 6.36 Å². The van der Waals surface area contributed by atoms with Crippen molar-refractivity contribution in [2.45, 2.75) is 6.36 Å². The number of halogens is 3. The van der Waals surface area contributed by atoms with Gasteiger partial charge in [-0.05, 0) is 12.1 Å². The van der Waals surface area contributed by atoms with E-state index >= 15 is 0 Å². The van der Waals surface area contributed by atoms with Crippen molar-refractivity contribution in [1.82, 2.24) is 0 Å². The molecule has 0 fully saturated rings. The molecule has 0 unspecified atom stereocenters. The molecule has 0 aromatic heterocycles. The molecule has 0 radical (unpaired) electrons. The number of rotatable bonds is 1. The summed E-state index contributed by atoms with van der Waals surface area (Å²) in [5.74, 6) is -1.22. The molecule has 0 N–H and O–H groups in total. The molecule has 0 saturated heterocycles. The van der Waals surface area contributed by atoms with Crippen molar-refractivity contribution >= 4 is 0 Å². The summed E-state index contributed by atoms with van der Waals surface area (Å²) in [5, 5.41) is 0. The topological polar surface area (TPSA) is 9.23 Å². The first-order valence-electron chi connectivity index (χ1n) is 4.98. The maximum atomic E-state index is 11.9. The Hall–Kier alpha value is -1.19. The number of alkyl halides is 3. The average Bonchev–Trinajstić information content (AvgIpc) is 2.17. The van der Waals surface area contributed by atoms with Gasteiger partial charge in [-0.1, -0.05) is 18.1 Å². The molecule has 1 nitrogen and oxygen atoms in total. The number of ether oxygens (including phenoxy) is 1. The van der Waals surface area contributed by atoms with Crippen molar-refractivity contribution in [2.75, 3.05) is 0 Å². The Labute approximate surface area is 68.4 Å². The SMILES string of the molecule is [2H]c1c([2H])c([2H])c(OC(F)(F)F)c([2H])c1[2H]. The van der Waals surface area contributed by atoms with Crippen molar-refractivity contribution in [3.8, 4) is 5.75 Å². The van der Waals surface area contributed by atoms with Gasteiger partial charge in [0.15, 0.2) is 0 Å². The van der Waals surface area contributed by atoms with E-state index < -0.39 is 42.3 Å². The first-order chi connectivity index (χ1) is 7.15. The van der Waals surface area contributed by atoms with Crippen molar-refractivity contribution in [3.63, 3.8) is 0 Å². The van der Waals surface area contributed by atoms with Crippen LogP contribution in [-0.2, 0) is 0 Å². The molecule has 60 valence electrons. The third-order valence-corrected chi connectivity index (χ3v) is 0.695. The number of hydrogen-bond donors (Lipinski definition) is 0. The molecular formula is C7H5F3O. The summed E-state index contributed by atoms with van der Waals surface area (Å²) < 4.78 is 74.6. The third-order valence-electron chi connectivity index (χ3n) is 0.695. The molecule has 1 rings (SSSR count). The number of benzene rings is 1. The van der Waals surface area contributed by atoms with Crippen LogP contribution in [0.1, 0.15) is 6.85 Å². The van der Waals surface area contributed by atoms with Crippen LogP contribution in [0.2, 0.25) is 0 Å². The van der Waals surface area contributed by atoms with Crippen molar-refractivity contribution in [2.24, 2.45) is 0 Å². The predicted octanol–water partition coefficient (Wildman–Crippen LogP) is 2.59. The quantitative estimate of drug-likeness (QED) is 0.624. The van der Waals surface area contributed by atoms with E-state index in [1.54, 1.807) is 0 Å². The fourth-order valence-electron chi connectivity index (χ4n) is 0.405. The second-order valence-corrected chi connectivity index (χ2v) is 1.50. The van der Waals surface area contributed by atoms with Crippen LogP contribution >= 0.6 is 0 Å². The molecule has 1 aromatic carbocycles. The molecule has 4 heteroatoms. The van der Waals surface area contributed by atoms with Gasteiger partial charge in [0.1, 0.15) is 5.75 Å². The monoisotopic (exact) mass is 167 g/mol. The van der Waals surface area contributed by atoms with Crippen molar-refractivity contribution in [1.29, 1.82) is 0 Å². The first-order valence-corrected chi connectivity index (χ1v) is 2.48. The largest absolute Gasteiger partial charge is 0.573 e. The van der Waals surface area contributed by atoms with Gasteiger partial charge in [-0.15, -0.1) is 13.2 Å². The summed E-state index contributed by atoms with van der Waals surface area (Å²) >= 11 is 0. The second kappa shape index (κ2) is 2.82. The van der Waals surface area contributed by atoms with Crippen LogP contribution in [0, 0.1) is 0 Å². The maximum absolute atomic E-state index is 11.9. The Morgan fingerprint density at radius 1 is 1.18 bits per heavy atom. The standard InChI is InChI=1S/C7H5F3O/c8-7(9,10)11-6-4-2-1-3-5-6/h1-5H/i1D,2D,3D,4D,5D. The Bertz CT molecular complexity index is 402. The van der Waals surface area contributed by atoms with Gasteiger partial charge in [0.05, 0.1) is 6.85 Å². The predicted molar refractivity (Wildman–Crippen MR) is 33.1 cm³/mol. The van der Waals surface area contributed by atoms with Crippen LogP contribution in [0.5, 0.6) is 5.75 Å². The van der Waals surface area contributed by atoms with Gasteiger partial charge in [-0.2, -0.15) is 0 Å². The van der Waals surface area contributed by atoms with E-state index in [4.69, 9.17) is 6.85 Å². The number of para-hydroxylation sites is 1. The molecule has 0 bridgehead atoms. The molecule has 0 atom stereocenters. The molecule has 0 spiro atoms. The molecule has 0 aliphatic heterocycles. The van der Waals surface area contributed by atoms with Crippen molar-refractivity contribution in [3.05, 3.63) is 30.2 Å². The van der Waals surface area contributed by atoms with Gasteiger partial charge in [0.2, 0.25) is 0 Å². The summed E-state index contributed by atoms with van der Waals surface area (Å²) in [7, 11) is 0. The van der Waals surface area contributed by atoms with Crippen LogP contribution in [0.4, 0.5) is 13.2 Å². The molecule has 0 aliphatic rings. The highest BCUT2D eigenvalue weighted by Gasteiger charge is 2.30. The summed E-state index contributed by atoms with van der Waals surface area (Å²) in [6.07, 6.45) is -5.10. The fourth-order valence-corrected chi connectivity index (χ4v) is 0.405. The highest BCUT2D eigenvalue weighted by Crippen LogP contribution is 2.21. The van der Waals surface area contributed by atoms with Crippen LogP contribution in [-0.4, -0.2) is 6.36 Å². The van der Waals surface area contributed by atoms with Crippen LogP contribution in [0.25, 0.3) is 0 Å². The van der Waals surface area contributed by atoms with Gasteiger partial charge in [0, 0.05) is 0 Å². The third kappa shape index (κ3) is 2.93. The molecular weight excluding hydrogens is 157 g/mol. The normalized spacial score (nSPS) is 17.5.